The van der Waals surface area contributed by atoms with Crippen LogP contribution in [0, 0.1) is 2.88 Å². The fourth-order valence-corrected chi connectivity index (χ4v) is 3.60. The number of hydrogen-bond donors (Lipinski definition) is 1. The van der Waals surface area contributed by atoms with E-state index in [1.165, 1.54) is 0 Å². The highest BCUT2D eigenvalue weighted by Gasteiger charge is 2.14. The van der Waals surface area contributed by atoms with Gasteiger partial charge in [-0.05, 0) is 73.2 Å². The Morgan fingerprint density at radius 1 is 1.30 bits per heavy atom. The van der Waals surface area contributed by atoms with Crippen molar-refractivity contribution in [3.63, 3.8) is 0 Å². The summed E-state index contributed by atoms with van der Waals surface area (Å²) >= 11 is 7.34. The van der Waals surface area contributed by atoms with Crippen molar-refractivity contribution in [3.05, 3.63) is 48.1 Å². The van der Waals surface area contributed by atoms with Crippen LogP contribution in [0.4, 0.5) is 0 Å². The van der Waals surface area contributed by atoms with Crippen LogP contribution in [0.5, 0.6) is 5.75 Å². The molecular formula is C14H14BrIO3S. The summed E-state index contributed by atoms with van der Waals surface area (Å²) in [6.07, 6.45) is -0.612. The summed E-state index contributed by atoms with van der Waals surface area (Å²) in [7, 11) is 1.64. The van der Waals surface area contributed by atoms with Crippen molar-refractivity contribution in [2.45, 2.75) is 6.10 Å². The van der Waals surface area contributed by atoms with Crippen LogP contribution < -0.4 is 4.74 Å². The van der Waals surface area contributed by atoms with E-state index in [1.807, 2.05) is 29.6 Å². The Balaban J connectivity index is 2.12. The van der Waals surface area contributed by atoms with E-state index in [1.54, 1.807) is 18.4 Å². The second-order valence-electron chi connectivity index (χ2n) is 4.12. The van der Waals surface area contributed by atoms with Crippen molar-refractivity contribution in [1.82, 2.24) is 0 Å². The van der Waals surface area contributed by atoms with Gasteiger partial charge in [0.1, 0.15) is 18.5 Å². The summed E-state index contributed by atoms with van der Waals surface area (Å²) in [5.41, 5.74) is 1.75. The van der Waals surface area contributed by atoms with Crippen LogP contribution in [0.3, 0.4) is 0 Å². The van der Waals surface area contributed by atoms with Crippen LogP contribution in [-0.2, 0) is 4.74 Å². The summed E-state index contributed by atoms with van der Waals surface area (Å²) in [6.45, 7) is 1.05. The maximum Gasteiger partial charge on any atom is 0.133 e. The number of rotatable bonds is 6. The molecular weight excluding hydrogens is 455 g/mol. The van der Waals surface area contributed by atoms with Crippen molar-refractivity contribution in [2.24, 2.45) is 0 Å². The van der Waals surface area contributed by atoms with Gasteiger partial charge in [0.25, 0.3) is 0 Å². The third-order valence-corrected chi connectivity index (χ3v) is 5.15. The zero-order valence-electron chi connectivity index (χ0n) is 10.8. The first-order valence-corrected chi connectivity index (χ1v) is 8.70. The molecule has 3 nitrogen and oxygen atoms in total. The molecule has 0 bridgehead atoms. The van der Waals surface area contributed by atoms with Crippen LogP contribution >= 0.6 is 49.9 Å². The number of aliphatic hydroxyl groups excluding tert-OH is 1. The molecule has 108 valence electrons. The average Bonchev–Trinajstić information content (AvgIpc) is 2.86. The number of hydrogen-bond acceptors (Lipinski definition) is 4. The summed E-state index contributed by atoms with van der Waals surface area (Å²) in [4.78, 5) is 0. The van der Waals surface area contributed by atoms with E-state index >= 15 is 0 Å². The van der Waals surface area contributed by atoms with Gasteiger partial charge in [0.2, 0.25) is 0 Å². The van der Waals surface area contributed by atoms with Crippen molar-refractivity contribution in [1.29, 1.82) is 0 Å². The van der Waals surface area contributed by atoms with Crippen molar-refractivity contribution in [2.75, 3.05) is 20.3 Å². The molecule has 2 rings (SSSR count). The Hall–Kier alpha value is -0.150. The lowest BCUT2D eigenvalue weighted by molar-refractivity contribution is 0.146. The Kier molecular flexibility index (Phi) is 6.28. The minimum atomic E-state index is -0.612. The zero-order valence-corrected chi connectivity index (χ0v) is 15.4. The lowest BCUT2D eigenvalue weighted by Crippen LogP contribution is -2.05. The highest BCUT2D eigenvalue weighted by Crippen LogP contribution is 2.32. The van der Waals surface area contributed by atoms with Crippen molar-refractivity contribution < 1.29 is 14.6 Å². The van der Waals surface area contributed by atoms with E-state index in [-0.39, 0.29) is 0 Å². The van der Waals surface area contributed by atoms with Gasteiger partial charge in [0.05, 0.1) is 14.0 Å². The third-order valence-electron chi connectivity index (χ3n) is 2.72. The lowest BCUT2D eigenvalue weighted by atomic mass is 10.0. The third kappa shape index (κ3) is 4.17. The van der Waals surface area contributed by atoms with E-state index < -0.39 is 6.10 Å². The van der Waals surface area contributed by atoms with Crippen LogP contribution in [0.1, 0.15) is 17.2 Å². The maximum absolute atomic E-state index is 10.4. The summed E-state index contributed by atoms with van der Waals surface area (Å²) in [6, 6.07) is 7.61. The van der Waals surface area contributed by atoms with Crippen LogP contribution in [-0.4, -0.2) is 25.4 Å². The second kappa shape index (κ2) is 7.74. The van der Waals surface area contributed by atoms with E-state index in [9.17, 15) is 5.11 Å². The lowest BCUT2D eigenvalue weighted by Gasteiger charge is -2.13. The minimum absolute atomic E-state index is 0.500. The molecule has 0 amide bonds. The highest BCUT2D eigenvalue weighted by molar-refractivity contribution is 14.1. The monoisotopic (exact) mass is 468 g/mol. The second-order valence-corrected chi connectivity index (χ2v) is 7.78. The molecule has 2 aromatic rings. The molecule has 0 saturated carbocycles. The fourth-order valence-electron chi connectivity index (χ4n) is 1.70. The van der Waals surface area contributed by atoms with E-state index in [0.717, 1.165) is 24.2 Å². The Labute approximate surface area is 144 Å². The van der Waals surface area contributed by atoms with Gasteiger partial charge in [-0.1, -0.05) is 6.07 Å². The molecule has 0 aliphatic rings. The predicted octanol–water partition coefficient (Wildman–Crippen LogP) is 4.22. The quantitative estimate of drug-likeness (QED) is 0.509. The minimum Gasteiger partial charge on any atom is -0.490 e. The molecule has 1 aromatic heterocycles. The number of ether oxygens (including phenoxy) is 2. The molecule has 0 aliphatic carbocycles. The molecule has 1 N–H and O–H groups in total. The summed E-state index contributed by atoms with van der Waals surface area (Å²) < 4.78 is 12.5. The van der Waals surface area contributed by atoms with E-state index in [4.69, 9.17) is 9.47 Å². The first kappa shape index (κ1) is 16.2. The molecule has 0 aliphatic heterocycles. The van der Waals surface area contributed by atoms with Gasteiger partial charge in [-0.2, -0.15) is 0 Å². The first-order valence-electron chi connectivity index (χ1n) is 5.95. The van der Waals surface area contributed by atoms with Gasteiger partial charge in [-0.25, -0.2) is 0 Å². The number of thiophene rings is 1. The molecule has 20 heavy (non-hydrogen) atoms. The molecule has 1 atom stereocenters. The molecule has 0 fully saturated rings. The maximum atomic E-state index is 10.4. The Morgan fingerprint density at radius 3 is 2.70 bits per heavy atom. The Bertz CT molecular complexity index is 573. The molecule has 6 heteroatoms. The largest absolute Gasteiger partial charge is 0.490 e. The van der Waals surface area contributed by atoms with E-state index in [2.05, 4.69) is 38.5 Å². The molecule has 1 heterocycles. The van der Waals surface area contributed by atoms with Crippen LogP contribution in [0.15, 0.2) is 34.1 Å². The number of methoxy groups -OCH3 is 1. The summed E-state index contributed by atoms with van der Waals surface area (Å²) in [5, 5.41) is 12.3. The van der Waals surface area contributed by atoms with Gasteiger partial charge in [0.15, 0.2) is 0 Å². The molecule has 0 spiro atoms. The van der Waals surface area contributed by atoms with Gasteiger partial charge < -0.3 is 14.6 Å². The number of aliphatic hydroxyl groups is 1. The normalized spacial score (nSPS) is 12.4. The van der Waals surface area contributed by atoms with Crippen molar-refractivity contribution >= 4 is 49.9 Å². The van der Waals surface area contributed by atoms with Gasteiger partial charge >= 0.3 is 0 Å². The SMILES string of the molecule is COCCOc1ccc(C(O)c2csc(I)c2)cc1Br. The van der Waals surface area contributed by atoms with Crippen LogP contribution in [0.2, 0.25) is 0 Å². The zero-order chi connectivity index (χ0) is 14.5. The van der Waals surface area contributed by atoms with E-state index in [0.29, 0.717) is 13.2 Å². The van der Waals surface area contributed by atoms with Crippen LogP contribution in [0.25, 0.3) is 0 Å². The Morgan fingerprint density at radius 2 is 2.10 bits per heavy atom. The average molecular weight is 469 g/mol. The first-order chi connectivity index (χ1) is 9.61. The smallest absolute Gasteiger partial charge is 0.133 e. The molecule has 1 aromatic carbocycles. The van der Waals surface area contributed by atoms with Gasteiger partial charge in [-0.3, -0.25) is 0 Å². The fraction of sp³-hybridized carbons (Fsp3) is 0.286. The van der Waals surface area contributed by atoms with Gasteiger partial charge in [0, 0.05) is 7.11 Å². The van der Waals surface area contributed by atoms with Crippen molar-refractivity contribution in [3.8, 4) is 5.75 Å². The highest BCUT2D eigenvalue weighted by atomic mass is 127. The van der Waals surface area contributed by atoms with Gasteiger partial charge in [-0.15, -0.1) is 11.3 Å². The number of halogens is 2. The molecule has 1 unspecified atom stereocenters. The summed E-state index contributed by atoms with van der Waals surface area (Å²) in [5.74, 6) is 0.748. The number of benzene rings is 1. The topological polar surface area (TPSA) is 38.7 Å². The predicted molar refractivity (Wildman–Crippen MR) is 92.6 cm³/mol. The molecule has 0 radical (unpaired) electrons. The molecule has 0 saturated heterocycles. The standard InChI is InChI=1S/C14H14BrIO3S/c1-18-4-5-19-12-3-2-9(6-11(12)15)14(17)10-7-13(16)20-8-10/h2-3,6-8,14,17H,4-5H2,1H3.